The third-order valence-electron chi connectivity index (χ3n) is 11.0. The maximum absolute atomic E-state index is 16.3. The van der Waals surface area contributed by atoms with E-state index in [0.29, 0.717) is 30.7 Å². The molecular weight excluding hydrogens is 645 g/mol. The number of carbonyl (C=O) groups excluding carboxylic acids is 1. The number of aldehydes is 1. The monoisotopic (exact) mass is 689 g/mol. The number of rotatable bonds is 9. The number of nitrogens with one attached hydrogen (secondary N) is 1. The molecular formula is C34H45BrFN3O6. The number of oxime groups is 1. The van der Waals surface area contributed by atoms with Gasteiger partial charge in [0.15, 0.2) is 12.4 Å². The van der Waals surface area contributed by atoms with Gasteiger partial charge < -0.3 is 28.9 Å². The number of halogens is 2. The molecule has 0 spiro atoms. The number of benzene rings is 1. The Morgan fingerprint density at radius 3 is 2.62 bits per heavy atom. The molecule has 2 N–H and O–H groups in total. The van der Waals surface area contributed by atoms with Crippen LogP contribution >= 0.6 is 15.9 Å². The number of alkyl halides is 1. The van der Waals surface area contributed by atoms with Crippen LogP contribution in [0.3, 0.4) is 0 Å². The van der Waals surface area contributed by atoms with Crippen molar-refractivity contribution in [1.82, 2.24) is 10.4 Å². The molecule has 4 fully saturated rings. The molecule has 9 nitrogen and oxygen atoms in total. The highest BCUT2D eigenvalue weighted by Gasteiger charge is 2.77. The summed E-state index contributed by atoms with van der Waals surface area (Å²) in [6, 6.07) is 6.83. The van der Waals surface area contributed by atoms with Gasteiger partial charge in [-0.3, -0.25) is 0 Å². The van der Waals surface area contributed by atoms with Crippen LogP contribution in [0.1, 0.15) is 47.0 Å². The summed E-state index contributed by atoms with van der Waals surface area (Å²) in [6.45, 7) is 8.43. The molecule has 1 aliphatic heterocycles. The summed E-state index contributed by atoms with van der Waals surface area (Å²) in [7, 11) is 3.67. The summed E-state index contributed by atoms with van der Waals surface area (Å²) < 4.78 is 36.3. The average Bonchev–Trinajstić information content (AvgIpc) is 3.37. The van der Waals surface area contributed by atoms with Crippen molar-refractivity contribution in [2.75, 3.05) is 27.3 Å². The molecule has 11 heteroatoms. The van der Waals surface area contributed by atoms with Gasteiger partial charge in [-0.25, -0.2) is 14.8 Å². The molecule has 10 atom stereocenters. The minimum absolute atomic E-state index is 0.0208. The molecule has 45 heavy (non-hydrogen) atoms. The Morgan fingerprint density at radius 2 is 1.93 bits per heavy atom. The lowest BCUT2D eigenvalue weighted by atomic mass is 9.45. The second-order valence-corrected chi connectivity index (χ2v) is 15.2. The number of carbonyl (C=O) groups is 1. The SMILES string of the molecule is CN(C)NC(C=O)[C@@]12OC(C)(C)O[C@@H]1C[C@H]1[C@@H]3C[C@H](F)C4=CC(=NOCCOc5ccc(Br)cc5)C=C[C@]4(C)[C@H]3[C@@H](O)C[C@@]12C. The number of hydrogen-bond donors (Lipinski definition) is 2. The van der Waals surface area contributed by atoms with E-state index in [4.69, 9.17) is 19.0 Å². The zero-order chi connectivity index (χ0) is 32.4. The number of fused-ring (bicyclic) bond motifs is 7. The standard InChI is InChI=1S/C34H45BrFN3O6/c1-31(2)44-29-17-24-23-16-26(36)25-15-21(38-43-14-13-42-22-9-7-20(35)8-10-22)11-12-32(25,3)30(23)27(41)18-33(24,4)34(29,45-31)28(19-40)37-39(5)6/h7-12,15,19,23-24,26-30,37,41H,13-14,16-18H2,1-6H3/t23-,24-,26-,27-,28?,29+,30+,32-,33-,34+/m0/s1. The number of aliphatic hydroxyl groups is 1. The first-order valence-corrected chi connectivity index (χ1v) is 16.6. The Morgan fingerprint density at radius 1 is 1.20 bits per heavy atom. The Bertz CT molecular complexity index is 1390. The number of nitrogens with zero attached hydrogens (tertiary/aromatic N) is 2. The summed E-state index contributed by atoms with van der Waals surface area (Å²) >= 11 is 3.41. The van der Waals surface area contributed by atoms with Crippen LogP contribution in [0, 0.1) is 28.6 Å². The Kier molecular flexibility index (Phi) is 8.61. The van der Waals surface area contributed by atoms with E-state index in [9.17, 15) is 9.90 Å². The van der Waals surface area contributed by atoms with Crippen LogP contribution in [0.2, 0.25) is 0 Å². The molecule has 0 radical (unpaired) electrons. The minimum atomic E-state index is -1.22. The number of ether oxygens (including phenoxy) is 3. The lowest BCUT2D eigenvalue weighted by Crippen LogP contribution is -2.69. The molecule has 3 saturated carbocycles. The van der Waals surface area contributed by atoms with Gasteiger partial charge in [-0.1, -0.05) is 41.0 Å². The van der Waals surface area contributed by atoms with Gasteiger partial charge in [-0.15, -0.1) is 0 Å². The van der Waals surface area contributed by atoms with E-state index in [1.807, 2.05) is 71.3 Å². The molecule has 1 aromatic rings. The van der Waals surface area contributed by atoms with Crippen molar-refractivity contribution in [3.63, 3.8) is 0 Å². The molecule has 0 amide bonds. The van der Waals surface area contributed by atoms with Crippen LogP contribution in [0.4, 0.5) is 4.39 Å². The highest BCUT2D eigenvalue weighted by atomic mass is 79.9. The molecule has 5 aliphatic rings. The second kappa shape index (κ2) is 11.8. The van der Waals surface area contributed by atoms with E-state index in [1.54, 1.807) is 11.1 Å². The fourth-order valence-electron chi connectivity index (χ4n) is 9.47. The quantitative estimate of drug-likeness (QED) is 0.213. The van der Waals surface area contributed by atoms with Crippen LogP contribution in [0.25, 0.3) is 0 Å². The van der Waals surface area contributed by atoms with E-state index in [2.05, 4.69) is 33.4 Å². The van der Waals surface area contributed by atoms with Gasteiger partial charge in [0.2, 0.25) is 0 Å². The number of hydrogen-bond acceptors (Lipinski definition) is 9. The maximum Gasteiger partial charge on any atom is 0.164 e. The first-order valence-electron chi connectivity index (χ1n) is 15.8. The van der Waals surface area contributed by atoms with E-state index in [-0.39, 0.29) is 36.9 Å². The largest absolute Gasteiger partial charge is 0.490 e. The fourth-order valence-corrected chi connectivity index (χ4v) is 9.73. The normalized spacial score (nSPS) is 41.1. The maximum atomic E-state index is 16.3. The molecule has 0 aromatic heterocycles. The van der Waals surface area contributed by atoms with Crippen molar-refractivity contribution < 1.29 is 33.3 Å². The lowest BCUT2D eigenvalue weighted by molar-refractivity contribution is -0.236. The molecule has 1 heterocycles. The third kappa shape index (κ3) is 5.41. The fraction of sp³-hybridized carbons (Fsp3) is 0.647. The zero-order valence-electron chi connectivity index (χ0n) is 26.8. The average molecular weight is 691 g/mol. The van der Waals surface area contributed by atoms with Crippen LogP contribution in [0.15, 0.2) is 57.7 Å². The molecule has 246 valence electrons. The molecule has 4 aliphatic carbocycles. The highest BCUT2D eigenvalue weighted by Crippen LogP contribution is 2.71. The predicted octanol–water partition coefficient (Wildman–Crippen LogP) is 4.99. The smallest absolute Gasteiger partial charge is 0.164 e. The summed E-state index contributed by atoms with van der Waals surface area (Å²) in [5.41, 5.74) is 2.04. The van der Waals surface area contributed by atoms with E-state index < -0.39 is 40.5 Å². The topological polar surface area (TPSA) is 102 Å². The van der Waals surface area contributed by atoms with Gasteiger partial charge in [0.1, 0.15) is 42.2 Å². The predicted molar refractivity (Wildman–Crippen MR) is 171 cm³/mol. The molecule has 1 aromatic carbocycles. The minimum Gasteiger partial charge on any atom is -0.490 e. The first-order chi connectivity index (χ1) is 21.2. The number of allylic oxidation sites excluding steroid dienone is 4. The van der Waals surface area contributed by atoms with Gasteiger partial charge in [-0.05, 0) is 86.9 Å². The third-order valence-corrected chi connectivity index (χ3v) is 11.5. The van der Waals surface area contributed by atoms with Crippen molar-refractivity contribution in [1.29, 1.82) is 0 Å². The van der Waals surface area contributed by atoms with E-state index in [1.165, 1.54) is 0 Å². The van der Waals surface area contributed by atoms with Crippen molar-refractivity contribution in [2.45, 2.75) is 82.8 Å². The van der Waals surface area contributed by atoms with E-state index >= 15 is 4.39 Å². The van der Waals surface area contributed by atoms with Crippen LogP contribution < -0.4 is 10.2 Å². The van der Waals surface area contributed by atoms with Crippen LogP contribution in [0.5, 0.6) is 5.75 Å². The Hall–Kier alpha value is -2.15. The lowest BCUT2D eigenvalue weighted by Gasteiger charge is -2.61. The van der Waals surface area contributed by atoms with Crippen molar-refractivity contribution in [3.05, 3.63) is 52.5 Å². The highest BCUT2D eigenvalue weighted by molar-refractivity contribution is 9.10. The summed E-state index contributed by atoms with van der Waals surface area (Å²) in [5, 5.41) is 18.0. The van der Waals surface area contributed by atoms with E-state index in [0.717, 1.165) is 16.5 Å². The van der Waals surface area contributed by atoms with Crippen molar-refractivity contribution in [3.8, 4) is 5.75 Å². The van der Waals surface area contributed by atoms with Crippen molar-refractivity contribution >= 4 is 27.9 Å². The van der Waals surface area contributed by atoms with Gasteiger partial charge >= 0.3 is 0 Å². The Balaban J connectivity index is 1.22. The molecule has 1 saturated heterocycles. The van der Waals surface area contributed by atoms with Crippen molar-refractivity contribution in [2.24, 2.45) is 33.7 Å². The summed E-state index contributed by atoms with van der Waals surface area (Å²) in [5.74, 6) is -0.546. The Labute approximate surface area is 273 Å². The summed E-state index contributed by atoms with van der Waals surface area (Å²) in [4.78, 5) is 18.2. The van der Waals surface area contributed by atoms with Crippen LogP contribution in [-0.2, 0) is 19.1 Å². The summed E-state index contributed by atoms with van der Waals surface area (Å²) in [6.07, 6.45) is 5.46. The van der Waals surface area contributed by atoms with Gasteiger partial charge in [0, 0.05) is 35.3 Å². The molecule has 1 unspecified atom stereocenters. The molecule has 0 bridgehead atoms. The number of aliphatic hydroxyl groups excluding tert-OH is 1. The van der Waals surface area contributed by atoms with Crippen LogP contribution in [-0.4, -0.2) is 85.2 Å². The molecule has 6 rings (SSSR count). The first kappa shape index (κ1) is 32.8. The zero-order valence-corrected chi connectivity index (χ0v) is 28.4. The van der Waals surface area contributed by atoms with Gasteiger partial charge in [-0.2, -0.15) is 0 Å². The van der Waals surface area contributed by atoms with Gasteiger partial charge in [0.25, 0.3) is 0 Å². The second-order valence-electron chi connectivity index (χ2n) is 14.3. The van der Waals surface area contributed by atoms with Gasteiger partial charge in [0.05, 0.1) is 12.2 Å². The number of hydrazine groups is 1.